The van der Waals surface area contributed by atoms with Gasteiger partial charge < -0.3 is 10.0 Å². The molecule has 1 aromatic rings. The van der Waals surface area contributed by atoms with Crippen LogP contribution in [0.25, 0.3) is 0 Å². The Balaban J connectivity index is 2.85. The Kier molecular flexibility index (Phi) is 1.71. The van der Waals surface area contributed by atoms with Gasteiger partial charge >= 0.3 is 7.12 Å². The predicted molar refractivity (Wildman–Crippen MR) is 29.7 cm³/mol. The SMILES string of the molecule is OB(O)c1cnnnc1. The van der Waals surface area contributed by atoms with Crippen molar-refractivity contribution in [3.8, 4) is 0 Å². The fraction of sp³-hybridized carbons (Fsp3) is 0. The molecule has 46 valence electrons. The molecule has 5 nitrogen and oxygen atoms in total. The van der Waals surface area contributed by atoms with Crippen molar-refractivity contribution in [2.75, 3.05) is 0 Å². The molecule has 0 bridgehead atoms. The van der Waals surface area contributed by atoms with Crippen LogP contribution in [-0.4, -0.2) is 32.6 Å². The van der Waals surface area contributed by atoms with E-state index in [-0.39, 0.29) is 5.46 Å². The van der Waals surface area contributed by atoms with Gasteiger partial charge in [0.1, 0.15) is 0 Å². The van der Waals surface area contributed by atoms with Gasteiger partial charge in [0.25, 0.3) is 0 Å². The topological polar surface area (TPSA) is 79.1 Å². The van der Waals surface area contributed by atoms with Crippen LogP contribution in [0.5, 0.6) is 0 Å². The minimum atomic E-state index is -1.51. The number of hydrogen-bond acceptors (Lipinski definition) is 5. The van der Waals surface area contributed by atoms with Crippen molar-refractivity contribution in [2.45, 2.75) is 0 Å². The lowest BCUT2D eigenvalue weighted by Gasteiger charge is -1.91. The summed E-state index contributed by atoms with van der Waals surface area (Å²) >= 11 is 0. The molecule has 0 fully saturated rings. The fourth-order valence-electron chi connectivity index (χ4n) is 0.381. The number of nitrogens with zero attached hydrogens (tertiary/aromatic N) is 3. The van der Waals surface area contributed by atoms with Gasteiger partial charge in [0.2, 0.25) is 0 Å². The maximum absolute atomic E-state index is 8.47. The predicted octanol–water partition coefficient (Wildman–Crippen LogP) is -2.45. The summed E-state index contributed by atoms with van der Waals surface area (Å²) < 4.78 is 0. The smallest absolute Gasteiger partial charge is 0.423 e. The van der Waals surface area contributed by atoms with Crippen LogP contribution < -0.4 is 5.46 Å². The molecule has 1 rings (SSSR count). The van der Waals surface area contributed by atoms with Gasteiger partial charge in [0.05, 0.1) is 12.4 Å². The molecule has 0 saturated heterocycles. The Morgan fingerprint density at radius 3 is 2.11 bits per heavy atom. The Morgan fingerprint density at radius 2 is 1.78 bits per heavy atom. The van der Waals surface area contributed by atoms with Crippen LogP contribution in [0.4, 0.5) is 0 Å². The monoisotopic (exact) mass is 125 g/mol. The van der Waals surface area contributed by atoms with E-state index in [1.165, 1.54) is 12.4 Å². The van der Waals surface area contributed by atoms with Crippen molar-refractivity contribution in [1.29, 1.82) is 0 Å². The first-order valence-corrected chi connectivity index (χ1v) is 2.30. The normalized spacial score (nSPS) is 9.11. The van der Waals surface area contributed by atoms with E-state index in [4.69, 9.17) is 10.0 Å². The van der Waals surface area contributed by atoms with Crippen LogP contribution >= 0.6 is 0 Å². The van der Waals surface area contributed by atoms with Crippen molar-refractivity contribution in [1.82, 2.24) is 15.4 Å². The molecule has 2 N–H and O–H groups in total. The van der Waals surface area contributed by atoms with Gasteiger partial charge in [0, 0.05) is 5.46 Å². The summed E-state index contributed by atoms with van der Waals surface area (Å²) in [5, 5.41) is 26.8. The van der Waals surface area contributed by atoms with Gasteiger partial charge in [-0.15, -0.1) is 10.2 Å². The van der Waals surface area contributed by atoms with Gasteiger partial charge in [-0.2, -0.15) is 0 Å². The summed E-state index contributed by atoms with van der Waals surface area (Å²) in [6, 6.07) is 0. The van der Waals surface area contributed by atoms with E-state index < -0.39 is 7.12 Å². The third kappa shape index (κ3) is 1.44. The molecule has 0 aliphatic carbocycles. The summed E-state index contributed by atoms with van der Waals surface area (Å²) in [5.41, 5.74) is 0.241. The summed E-state index contributed by atoms with van der Waals surface area (Å²) in [5.74, 6) is 0. The molecule has 0 unspecified atom stereocenters. The molecule has 1 heterocycles. The highest BCUT2D eigenvalue weighted by Crippen LogP contribution is 1.69. The zero-order valence-corrected chi connectivity index (χ0v) is 4.47. The average Bonchev–Trinajstić information content (AvgIpc) is 1.90. The zero-order valence-electron chi connectivity index (χ0n) is 4.47. The molecule has 0 atom stereocenters. The molecule has 0 amide bonds. The molecular formula is C3H4BN3O2. The van der Waals surface area contributed by atoms with E-state index in [9.17, 15) is 0 Å². The van der Waals surface area contributed by atoms with Crippen molar-refractivity contribution in [2.24, 2.45) is 0 Å². The minimum absolute atomic E-state index is 0.241. The zero-order chi connectivity index (χ0) is 6.69. The Morgan fingerprint density at radius 1 is 1.22 bits per heavy atom. The van der Waals surface area contributed by atoms with E-state index in [0.717, 1.165) is 0 Å². The molecular weight excluding hydrogens is 121 g/mol. The average molecular weight is 125 g/mol. The first-order valence-electron chi connectivity index (χ1n) is 2.30. The second kappa shape index (κ2) is 2.52. The Bertz CT molecular complexity index is 180. The van der Waals surface area contributed by atoms with Crippen LogP contribution in [0.2, 0.25) is 0 Å². The largest absolute Gasteiger partial charge is 0.491 e. The maximum Gasteiger partial charge on any atom is 0.491 e. The van der Waals surface area contributed by atoms with Crippen LogP contribution in [0.1, 0.15) is 0 Å². The minimum Gasteiger partial charge on any atom is -0.423 e. The van der Waals surface area contributed by atoms with Gasteiger partial charge in [-0.1, -0.05) is 0 Å². The fourth-order valence-corrected chi connectivity index (χ4v) is 0.381. The summed E-state index contributed by atoms with van der Waals surface area (Å²) in [7, 11) is -1.51. The molecule has 0 spiro atoms. The molecule has 0 aliphatic heterocycles. The lowest BCUT2D eigenvalue weighted by atomic mass is 9.83. The maximum atomic E-state index is 8.47. The van der Waals surface area contributed by atoms with Gasteiger partial charge in [-0.25, -0.2) is 0 Å². The summed E-state index contributed by atoms with van der Waals surface area (Å²) in [4.78, 5) is 0. The first-order chi connectivity index (χ1) is 4.30. The highest BCUT2D eigenvalue weighted by Gasteiger charge is 2.09. The Hall–Kier alpha value is -1.01. The van der Waals surface area contributed by atoms with E-state index in [0.29, 0.717) is 0 Å². The van der Waals surface area contributed by atoms with Crippen LogP contribution in [0, 0.1) is 0 Å². The van der Waals surface area contributed by atoms with Gasteiger partial charge in [-0.3, -0.25) is 0 Å². The van der Waals surface area contributed by atoms with Gasteiger partial charge in [0.15, 0.2) is 0 Å². The first kappa shape index (κ1) is 6.12. The van der Waals surface area contributed by atoms with E-state index in [2.05, 4.69) is 15.4 Å². The van der Waals surface area contributed by atoms with E-state index >= 15 is 0 Å². The standard InChI is InChI=1S/C3H4BN3O2/c8-4(9)3-1-5-7-6-2-3/h1-2,8-9H. The summed E-state index contributed by atoms with van der Waals surface area (Å²) in [6.45, 7) is 0. The number of hydrogen-bond donors (Lipinski definition) is 2. The molecule has 0 radical (unpaired) electrons. The highest BCUT2D eigenvalue weighted by molar-refractivity contribution is 6.58. The molecule has 9 heavy (non-hydrogen) atoms. The van der Waals surface area contributed by atoms with Crippen molar-refractivity contribution >= 4 is 12.6 Å². The van der Waals surface area contributed by atoms with Crippen LogP contribution in [0.3, 0.4) is 0 Å². The molecule has 0 aliphatic rings. The third-order valence-corrected chi connectivity index (χ3v) is 0.815. The van der Waals surface area contributed by atoms with Crippen molar-refractivity contribution < 1.29 is 10.0 Å². The second-order valence-corrected chi connectivity index (χ2v) is 1.45. The molecule has 6 heteroatoms. The molecule has 0 aromatic carbocycles. The number of rotatable bonds is 1. The lowest BCUT2D eigenvalue weighted by molar-refractivity contribution is 0.425. The van der Waals surface area contributed by atoms with Crippen molar-refractivity contribution in [3.63, 3.8) is 0 Å². The highest BCUT2D eigenvalue weighted by atomic mass is 16.4. The summed E-state index contributed by atoms with van der Waals surface area (Å²) in [6.07, 6.45) is 2.47. The molecule has 1 aromatic heterocycles. The third-order valence-electron chi connectivity index (χ3n) is 0.815. The lowest BCUT2D eigenvalue weighted by Crippen LogP contribution is -2.30. The van der Waals surface area contributed by atoms with Gasteiger partial charge in [-0.05, 0) is 5.21 Å². The Labute approximate surface area is 51.5 Å². The van der Waals surface area contributed by atoms with E-state index in [1.807, 2.05) is 0 Å². The molecule has 0 saturated carbocycles. The number of aromatic nitrogens is 3. The quantitative estimate of drug-likeness (QED) is 0.407. The second-order valence-electron chi connectivity index (χ2n) is 1.45. The van der Waals surface area contributed by atoms with Crippen LogP contribution in [0.15, 0.2) is 12.4 Å². The van der Waals surface area contributed by atoms with Crippen molar-refractivity contribution in [3.05, 3.63) is 12.4 Å². The van der Waals surface area contributed by atoms with E-state index in [1.54, 1.807) is 0 Å². The van der Waals surface area contributed by atoms with Crippen LogP contribution in [-0.2, 0) is 0 Å².